The fourth-order valence-electron chi connectivity index (χ4n) is 2.81. The van der Waals surface area contributed by atoms with Crippen molar-refractivity contribution in [1.29, 1.82) is 0 Å². The van der Waals surface area contributed by atoms with E-state index in [-0.39, 0.29) is 24.2 Å². The van der Waals surface area contributed by atoms with Crippen LogP contribution in [-0.2, 0) is 11.3 Å². The second kappa shape index (κ2) is 7.51. The lowest BCUT2D eigenvalue weighted by atomic mass is 9.95. The Bertz CT molecular complexity index is 422. The highest BCUT2D eigenvalue weighted by Gasteiger charge is 2.31. The summed E-state index contributed by atoms with van der Waals surface area (Å²) in [7, 11) is 0. The highest BCUT2D eigenvalue weighted by molar-refractivity contribution is 5.85. The molecule has 0 aromatic heterocycles. The molecule has 1 saturated carbocycles. The third kappa shape index (κ3) is 4.22. The summed E-state index contributed by atoms with van der Waals surface area (Å²) in [6.07, 6.45) is 3.21. The lowest BCUT2D eigenvalue weighted by molar-refractivity contribution is -0.126. The van der Waals surface area contributed by atoms with Crippen molar-refractivity contribution in [1.82, 2.24) is 5.32 Å². The highest BCUT2D eigenvalue weighted by atomic mass is 35.5. The summed E-state index contributed by atoms with van der Waals surface area (Å²) in [4.78, 5) is 12.1. The van der Waals surface area contributed by atoms with E-state index in [1.807, 2.05) is 12.1 Å². The largest absolute Gasteiger partial charge is 0.352 e. The van der Waals surface area contributed by atoms with Crippen LogP contribution in [0.3, 0.4) is 0 Å². The molecule has 19 heavy (non-hydrogen) atoms. The molecular weight excluding hydrogens is 260 g/mol. The Kier molecular flexibility index (Phi) is 6.32. The van der Waals surface area contributed by atoms with E-state index in [0.717, 1.165) is 24.8 Å². The number of carbonyl (C=O) groups excluding carboxylic acids is 1. The Morgan fingerprint density at radius 3 is 2.89 bits per heavy atom. The zero-order valence-electron chi connectivity index (χ0n) is 11.4. The Morgan fingerprint density at radius 2 is 2.21 bits per heavy atom. The Labute approximate surface area is 121 Å². The molecule has 0 aliphatic heterocycles. The van der Waals surface area contributed by atoms with Gasteiger partial charge in [0.2, 0.25) is 5.91 Å². The first kappa shape index (κ1) is 16.0. The van der Waals surface area contributed by atoms with Crippen LogP contribution in [0.2, 0.25) is 0 Å². The van der Waals surface area contributed by atoms with Gasteiger partial charge < -0.3 is 11.1 Å². The Morgan fingerprint density at radius 1 is 1.42 bits per heavy atom. The summed E-state index contributed by atoms with van der Waals surface area (Å²) in [5.41, 5.74) is 8.09. The first-order valence-corrected chi connectivity index (χ1v) is 6.74. The van der Waals surface area contributed by atoms with Crippen LogP contribution in [0.1, 0.15) is 30.4 Å². The quantitative estimate of drug-likeness (QED) is 0.891. The predicted molar refractivity (Wildman–Crippen MR) is 80.2 cm³/mol. The van der Waals surface area contributed by atoms with E-state index < -0.39 is 0 Å². The molecule has 4 heteroatoms. The van der Waals surface area contributed by atoms with Crippen molar-refractivity contribution in [3.8, 4) is 0 Å². The smallest absolute Gasteiger partial charge is 0.223 e. The van der Waals surface area contributed by atoms with Crippen molar-refractivity contribution in [3.63, 3.8) is 0 Å². The van der Waals surface area contributed by atoms with Crippen molar-refractivity contribution in [3.05, 3.63) is 35.4 Å². The van der Waals surface area contributed by atoms with Gasteiger partial charge in [-0.15, -0.1) is 12.4 Å². The van der Waals surface area contributed by atoms with Gasteiger partial charge in [-0.2, -0.15) is 0 Å². The van der Waals surface area contributed by atoms with Crippen molar-refractivity contribution in [2.24, 2.45) is 17.6 Å². The molecule has 1 fully saturated rings. The molecule has 3 nitrogen and oxygen atoms in total. The van der Waals surface area contributed by atoms with E-state index in [4.69, 9.17) is 5.73 Å². The van der Waals surface area contributed by atoms with Crippen LogP contribution in [0, 0.1) is 18.8 Å². The molecule has 106 valence electrons. The molecule has 1 aromatic rings. The van der Waals surface area contributed by atoms with E-state index in [0.29, 0.717) is 19.0 Å². The minimum atomic E-state index is 0. The number of hydrogen-bond donors (Lipinski definition) is 2. The number of halogens is 1. The van der Waals surface area contributed by atoms with E-state index in [1.54, 1.807) is 0 Å². The van der Waals surface area contributed by atoms with Gasteiger partial charge in [-0.25, -0.2) is 0 Å². The lowest BCUT2D eigenvalue weighted by Gasteiger charge is -2.17. The Hall–Kier alpha value is -1.06. The minimum Gasteiger partial charge on any atom is -0.352 e. The molecule has 0 spiro atoms. The number of benzene rings is 1. The molecule has 2 rings (SSSR count). The van der Waals surface area contributed by atoms with Crippen molar-refractivity contribution in [2.45, 2.75) is 32.7 Å². The average molecular weight is 283 g/mol. The van der Waals surface area contributed by atoms with Crippen molar-refractivity contribution in [2.75, 3.05) is 6.54 Å². The van der Waals surface area contributed by atoms with Gasteiger partial charge in [0.1, 0.15) is 0 Å². The summed E-state index contributed by atoms with van der Waals surface area (Å²) in [6, 6.07) is 8.24. The van der Waals surface area contributed by atoms with E-state index in [2.05, 4.69) is 24.4 Å². The van der Waals surface area contributed by atoms with Gasteiger partial charge >= 0.3 is 0 Å². The molecule has 1 aliphatic rings. The van der Waals surface area contributed by atoms with Gasteiger partial charge in [-0.1, -0.05) is 36.2 Å². The predicted octanol–water partition coefficient (Wildman–Crippen LogP) is 2.41. The molecule has 0 heterocycles. The summed E-state index contributed by atoms with van der Waals surface area (Å²) in [5, 5.41) is 3.04. The summed E-state index contributed by atoms with van der Waals surface area (Å²) < 4.78 is 0. The average Bonchev–Trinajstić information content (AvgIpc) is 2.84. The molecule has 3 N–H and O–H groups in total. The van der Waals surface area contributed by atoms with E-state index in [9.17, 15) is 4.79 Å². The van der Waals surface area contributed by atoms with Gasteiger partial charge in [0, 0.05) is 12.5 Å². The van der Waals surface area contributed by atoms with Gasteiger partial charge in [0.15, 0.2) is 0 Å². The zero-order chi connectivity index (χ0) is 13.0. The molecule has 1 aromatic carbocycles. The van der Waals surface area contributed by atoms with Crippen LogP contribution in [0.15, 0.2) is 24.3 Å². The molecule has 0 radical (unpaired) electrons. The SMILES string of the molecule is Cc1cccc(CNC(=O)[C@@H]2CCC[C@@H]2CN)c1.Cl. The molecule has 1 amide bonds. The van der Waals surface area contributed by atoms with Crippen LogP contribution in [0.5, 0.6) is 0 Å². The van der Waals surface area contributed by atoms with Crippen molar-refractivity contribution < 1.29 is 4.79 Å². The van der Waals surface area contributed by atoms with Gasteiger partial charge in [0.05, 0.1) is 0 Å². The topological polar surface area (TPSA) is 55.1 Å². The van der Waals surface area contributed by atoms with Crippen LogP contribution < -0.4 is 11.1 Å². The molecular formula is C15H23ClN2O. The maximum absolute atomic E-state index is 12.1. The maximum atomic E-state index is 12.1. The second-order valence-corrected chi connectivity index (χ2v) is 5.24. The molecule has 0 unspecified atom stereocenters. The monoisotopic (exact) mass is 282 g/mol. The van der Waals surface area contributed by atoms with Gasteiger partial charge in [-0.05, 0) is 37.8 Å². The number of carbonyl (C=O) groups is 1. The third-order valence-electron chi connectivity index (χ3n) is 3.85. The number of hydrogen-bond acceptors (Lipinski definition) is 2. The zero-order valence-corrected chi connectivity index (χ0v) is 12.2. The number of aryl methyl sites for hydroxylation is 1. The highest BCUT2D eigenvalue weighted by Crippen LogP contribution is 2.30. The molecule has 1 aliphatic carbocycles. The van der Waals surface area contributed by atoms with E-state index in [1.165, 1.54) is 5.56 Å². The van der Waals surface area contributed by atoms with Crippen LogP contribution in [0.4, 0.5) is 0 Å². The lowest BCUT2D eigenvalue weighted by Crippen LogP contribution is -2.34. The number of amides is 1. The third-order valence-corrected chi connectivity index (χ3v) is 3.85. The van der Waals surface area contributed by atoms with Gasteiger partial charge in [0.25, 0.3) is 0 Å². The van der Waals surface area contributed by atoms with Crippen LogP contribution in [0.25, 0.3) is 0 Å². The standard InChI is InChI=1S/C15H22N2O.ClH/c1-11-4-2-5-12(8-11)10-17-15(18)14-7-3-6-13(14)9-16;/h2,4-5,8,13-14H,3,6-7,9-10,16H2,1H3,(H,17,18);1H/t13-,14-;/m1./s1. The molecule has 0 bridgehead atoms. The maximum Gasteiger partial charge on any atom is 0.223 e. The first-order chi connectivity index (χ1) is 8.70. The molecule has 2 atom stereocenters. The second-order valence-electron chi connectivity index (χ2n) is 5.24. The van der Waals surface area contributed by atoms with Crippen LogP contribution >= 0.6 is 12.4 Å². The molecule has 0 saturated heterocycles. The van der Waals surface area contributed by atoms with E-state index >= 15 is 0 Å². The first-order valence-electron chi connectivity index (χ1n) is 6.74. The number of nitrogens with one attached hydrogen (secondary N) is 1. The summed E-state index contributed by atoms with van der Waals surface area (Å²) >= 11 is 0. The van der Waals surface area contributed by atoms with Crippen molar-refractivity contribution >= 4 is 18.3 Å². The minimum absolute atomic E-state index is 0. The van der Waals surface area contributed by atoms with Gasteiger partial charge in [-0.3, -0.25) is 4.79 Å². The summed E-state index contributed by atoms with van der Waals surface area (Å²) in [5.74, 6) is 0.673. The summed E-state index contributed by atoms with van der Waals surface area (Å²) in [6.45, 7) is 3.31. The number of rotatable bonds is 4. The Balaban J connectivity index is 0.00000180. The number of nitrogens with two attached hydrogens (primary N) is 1. The normalized spacial score (nSPS) is 21.8. The van der Waals surface area contributed by atoms with Crippen LogP contribution in [-0.4, -0.2) is 12.5 Å². The fraction of sp³-hybridized carbons (Fsp3) is 0.533. The fourth-order valence-corrected chi connectivity index (χ4v) is 2.81.